The summed E-state index contributed by atoms with van der Waals surface area (Å²) in [5, 5.41) is 4.60. The van der Waals surface area contributed by atoms with Crippen molar-refractivity contribution >= 4 is 32.3 Å². The molecule has 3 heterocycles. The molecule has 6 rings (SSSR count). The quantitative estimate of drug-likeness (QED) is 0.355. The summed E-state index contributed by atoms with van der Waals surface area (Å²) in [5.74, 6) is 0.404. The molecule has 0 fully saturated rings. The fourth-order valence-corrected chi connectivity index (χ4v) is 5.44. The maximum Gasteiger partial charge on any atom is 0.116 e. The van der Waals surface area contributed by atoms with E-state index in [0.29, 0.717) is 5.92 Å². The SMILES string of the molecule is CN1Cc2cc(-c3ccc4cncnc4c3)ccc2C(c2ccc3sccc3c2)C1. The molecule has 0 amide bonds. The molecule has 1 atom stereocenters. The molecule has 1 aliphatic rings. The highest BCUT2D eigenvalue weighted by Crippen LogP contribution is 2.37. The van der Waals surface area contributed by atoms with E-state index in [1.807, 2.05) is 17.5 Å². The molecular formula is C26H21N3S. The van der Waals surface area contributed by atoms with E-state index in [4.69, 9.17) is 0 Å². The number of benzene rings is 3. The molecule has 1 aliphatic heterocycles. The number of fused-ring (bicyclic) bond motifs is 3. The first kappa shape index (κ1) is 17.8. The molecule has 2 aromatic heterocycles. The lowest BCUT2D eigenvalue weighted by Gasteiger charge is -2.33. The molecule has 4 heteroatoms. The van der Waals surface area contributed by atoms with Crippen molar-refractivity contribution in [3.8, 4) is 11.1 Å². The van der Waals surface area contributed by atoms with Gasteiger partial charge in [-0.05, 0) is 76.0 Å². The molecule has 0 saturated heterocycles. The van der Waals surface area contributed by atoms with Gasteiger partial charge in [0.15, 0.2) is 0 Å². The number of hydrogen-bond acceptors (Lipinski definition) is 4. The number of hydrogen-bond donors (Lipinski definition) is 0. The predicted octanol–water partition coefficient (Wildman–Crippen LogP) is 6.09. The van der Waals surface area contributed by atoms with Gasteiger partial charge >= 0.3 is 0 Å². The minimum atomic E-state index is 0.404. The van der Waals surface area contributed by atoms with Gasteiger partial charge in [-0.25, -0.2) is 9.97 Å². The van der Waals surface area contributed by atoms with Crippen LogP contribution in [0.2, 0.25) is 0 Å². The monoisotopic (exact) mass is 407 g/mol. The van der Waals surface area contributed by atoms with Gasteiger partial charge < -0.3 is 4.90 Å². The van der Waals surface area contributed by atoms with Crippen molar-refractivity contribution in [1.29, 1.82) is 0 Å². The maximum absolute atomic E-state index is 4.42. The average molecular weight is 408 g/mol. The average Bonchev–Trinajstić information content (AvgIpc) is 3.25. The van der Waals surface area contributed by atoms with Crippen molar-refractivity contribution in [2.75, 3.05) is 13.6 Å². The van der Waals surface area contributed by atoms with Crippen molar-refractivity contribution in [3.05, 3.63) is 95.3 Å². The van der Waals surface area contributed by atoms with E-state index in [2.05, 4.69) is 88.0 Å². The van der Waals surface area contributed by atoms with Gasteiger partial charge in [0.1, 0.15) is 6.33 Å². The molecule has 0 N–H and O–H groups in total. The lowest BCUT2D eigenvalue weighted by molar-refractivity contribution is 0.295. The Bertz CT molecular complexity index is 1390. The highest BCUT2D eigenvalue weighted by molar-refractivity contribution is 7.17. The fourth-order valence-electron chi connectivity index (χ4n) is 4.67. The topological polar surface area (TPSA) is 29.0 Å². The third-order valence-electron chi connectivity index (χ3n) is 6.17. The van der Waals surface area contributed by atoms with Gasteiger partial charge in [-0.1, -0.05) is 30.3 Å². The van der Waals surface area contributed by atoms with Crippen molar-refractivity contribution in [3.63, 3.8) is 0 Å². The summed E-state index contributed by atoms with van der Waals surface area (Å²) >= 11 is 1.81. The maximum atomic E-state index is 4.42. The Morgan fingerprint density at radius 3 is 2.80 bits per heavy atom. The third-order valence-corrected chi connectivity index (χ3v) is 7.07. The smallest absolute Gasteiger partial charge is 0.116 e. The van der Waals surface area contributed by atoms with Gasteiger partial charge in [0.05, 0.1) is 5.52 Å². The summed E-state index contributed by atoms with van der Waals surface area (Å²) in [6.45, 7) is 2.03. The Balaban J connectivity index is 1.43. The number of nitrogens with zero attached hydrogens (tertiary/aromatic N) is 3. The first-order valence-corrected chi connectivity index (χ1v) is 11.1. The summed E-state index contributed by atoms with van der Waals surface area (Å²) < 4.78 is 1.36. The van der Waals surface area contributed by atoms with Crippen LogP contribution in [0.3, 0.4) is 0 Å². The zero-order chi connectivity index (χ0) is 20.1. The van der Waals surface area contributed by atoms with Crippen molar-refractivity contribution in [2.24, 2.45) is 0 Å². The third kappa shape index (κ3) is 3.00. The molecule has 0 saturated carbocycles. The second-order valence-corrected chi connectivity index (χ2v) is 9.12. The Labute approximate surface area is 179 Å². The molecule has 0 aliphatic carbocycles. The van der Waals surface area contributed by atoms with E-state index in [1.54, 1.807) is 6.33 Å². The van der Waals surface area contributed by atoms with E-state index >= 15 is 0 Å². The van der Waals surface area contributed by atoms with Gasteiger partial charge in [-0.3, -0.25) is 0 Å². The van der Waals surface area contributed by atoms with Gasteiger partial charge in [0.2, 0.25) is 0 Å². The van der Waals surface area contributed by atoms with E-state index in [9.17, 15) is 0 Å². The van der Waals surface area contributed by atoms with E-state index in [-0.39, 0.29) is 0 Å². The van der Waals surface area contributed by atoms with Crippen LogP contribution < -0.4 is 0 Å². The molecule has 146 valence electrons. The number of rotatable bonds is 2. The van der Waals surface area contributed by atoms with Crippen LogP contribution >= 0.6 is 11.3 Å². The van der Waals surface area contributed by atoms with Crippen molar-refractivity contribution < 1.29 is 0 Å². The second-order valence-electron chi connectivity index (χ2n) is 8.18. The van der Waals surface area contributed by atoms with Crippen LogP contribution in [0.5, 0.6) is 0 Å². The van der Waals surface area contributed by atoms with Crippen molar-refractivity contribution in [1.82, 2.24) is 14.9 Å². The molecule has 1 unspecified atom stereocenters. The minimum Gasteiger partial charge on any atom is -0.301 e. The fraction of sp³-hybridized carbons (Fsp3) is 0.154. The molecule has 30 heavy (non-hydrogen) atoms. The van der Waals surface area contributed by atoms with Crippen LogP contribution in [0.4, 0.5) is 0 Å². The first-order valence-electron chi connectivity index (χ1n) is 10.2. The summed E-state index contributed by atoms with van der Waals surface area (Å²) in [5.41, 5.74) is 7.71. The molecule has 0 bridgehead atoms. The molecular weight excluding hydrogens is 386 g/mol. The van der Waals surface area contributed by atoms with Gasteiger partial charge in [0.25, 0.3) is 0 Å². The Morgan fingerprint density at radius 1 is 0.933 bits per heavy atom. The normalized spacial score (nSPS) is 16.8. The highest BCUT2D eigenvalue weighted by atomic mass is 32.1. The van der Waals surface area contributed by atoms with Crippen LogP contribution in [0.25, 0.3) is 32.1 Å². The van der Waals surface area contributed by atoms with Crippen LogP contribution in [0.15, 0.2) is 78.6 Å². The Morgan fingerprint density at radius 2 is 1.83 bits per heavy atom. The summed E-state index contributed by atoms with van der Waals surface area (Å²) in [6.07, 6.45) is 3.48. The molecule has 3 nitrogen and oxygen atoms in total. The van der Waals surface area contributed by atoms with Crippen LogP contribution in [0, 0.1) is 0 Å². The van der Waals surface area contributed by atoms with E-state index < -0.39 is 0 Å². The van der Waals surface area contributed by atoms with Crippen molar-refractivity contribution in [2.45, 2.75) is 12.5 Å². The molecule has 0 radical (unpaired) electrons. The first-order chi connectivity index (χ1) is 14.7. The van der Waals surface area contributed by atoms with Gasteiger partial charge in [-0.15, -0.1) is 11.3 Å². The second kappa shape index (κ2) is 7.01. The van der Waals surface area contributed by atoms with Crippen LogP contribution in [-0.4, -0.2) is 28.5 Å². The van der Waals surface area contributed by atoms with Crippen LogP contribution in [-0.2, 0) is 6.54 Å². The Hall–Kier alpha value is -3.08. The summed E-state index contributed by atoms with van der Waals surface area (Å²) in [4.78, 5) is 11.0. The lowest BCUT2D eigenvalue weighted by Crippen LogP contribution is -2.31. The summed E-state index contributed by atoms with van der Waals surface area (Å²) in [6, 6.07) is 22.6. The Kier molecular flexibility index (Phi) is 4.15. The molecule has 3 aromatic carbocycles. The van der Waals surface area contributed by atoms with E-state index in [1.165, 1.54) is 37.9 Å². The minimum absolute atomic E-state index is 0.404. The van der Waals surface area contributed by atoms with Gasteiger partial charge in [0, 0.05) is 35.3 Å². The lowest BCUT2D eigenvalue weighted by atomic mass is 9.83. The number of thiophene rings is 1. The number of aromatic nitrogens is 2. The molecule has 5 aromatic rings. The largest absolute Gasteiger partial charge is 0.301 e. The molecule has 0 spiro atoms. The van der Waals surface area contributed by atoms with Crippen LogP contribution in [0.1, 0.15) is 22.6 Å². The van der Waals surface area contributed by atoms with Gasteiger partial charge in [-0.2, -0.15) is 0 Å². The highest BCUT2D eigenvalue weighted by Gasteiger charge is 2.25. The zero-order valence-corrected chi connectivity index (χ0v) is 17.6. The zero-order valence-electron chi connectivity index (χ0n) is 16.7. The predicted molar refractivity (Wildman–Crippen MR) is 125 cm³/mol. The summed E-state index contributed by atoms with van der Waals surface area (Å²) in [7, 11) is 2.22. The number of likely N-dealkylation sites (N-methyl/N-ethyl adjacent to an activating group) is 1. The van der Waals surface area contributed by atoms with E-state index in [0.717, 1.165) is 24.0 Å². The standard InChI is InChI=1S/C26H21N3S/c1-29-14-22-10-17(18-2-3-21-13-27-16-28-25(21)12-18)4-6-23(22)24(15-29)19-5-7-26-20(11-19)8-9-30-26/h2-13,16,24H,14-15H2,1H3.